The average molecular weight is 255 g/mol. The van der Waals surface area contributed by atoms with Crippen LogP contribution in [0.2, 0.25) is 0 Å². The summed E-state index contributed by atoms with van der Waals surface area (Å²) >= 11 is 0. The van der Waals surface area contributed by atoms with Crippen LogP contribution in [0.25, 0.3) is 0 Å². The minimum atomic E-state index is -0.239. The fraction of sp³-hybridized carbons (Fsp3) is 0.769. The smallest absolute Gasteiger partial charge is 0.216 e. The van der Waals surface area contributed by atoms with Crippen molar-refractivity contribution in [2.24, 2.45) is 13.0 Å². The third kappa shape index (κ3) is 3.99. The molecule has 0 aliphatic carbocycles. The summed E-state index contributed by atoms with van der Waals surface area (Å²) in [6.07, 6.45) is 0.576. The second kappa shape index (κ2) is 6.75. The maximum absolute atomic E-state index is 9.31. The molecule has 18 heavy (non-hydrogen) atoms. The van der Waals surface area contributed by atoms with E-state index in [1.54, 1.807) is 11.8 Å². The van der Waals surface area contributed by atoms with Crippen molar-refractivity contribution >= 4 is 0 Å². The van der Waals surface area contributed by atoms with Crippen LogP contribution in [-0.2, 0) is 13.6 Å². The van der Waals surface area contributed by atoms with E-state index in [0.29, 0.717) is 5.92 Å². The summed E-state index contributed by atoms with van der Waals surface area (Å²) in [6.45, 7) is 7.56. The summed E-state index contributed by atoms with van der Waals surface area (Å²) in [5.74, 6) is 1.26. The molecule has 1 rings (SSSR count). The molecule has 1 aromatic rings. The summed E-state index contributed by atoms with van der Waals surface area (Å²) in [5, 5.41) is 17.0. The molecule has 0 saturated carbocycles. The van der Waals surface area contributed by atoms with E-state index >= 15 is 0 Å². The molecule has 104 valence electrons. The Morgan fingerprint density at radius 1 is 1.44 bits per heavy atom. The topological polar surface area (TPSA) is 59.3 Å². The first-order chi connectivity index (χ1) is 8.45. The zero-order valence-electron chi connectivity index (χ0n) is 12.0. The summed E-state index contributed by atoms with van der Waals surface area (Å²) in [4.78, 5) is 0. The molecule has 5 nitrogen and oxygen atoms in total. The fourth-order valence-corrected chi connectivity index (χ4v) is 2.25. The average Bonchev–Trinajstić information content (AvgIpc) is 2.52. The highest BCUT2D eigenvalue weighted by Crippen LogP contribution is 2.20. The zero-order chi connectivity index (χ0) is 13.7. The van der Waals surface area contributed by atoms with Crippen molar-refractivity contribution in [3.63, 3.8) is 0 Å². The van der Waals surface area contributed by atoms with Gasteiger partial charge in [0.1, 0.15) is 0 Å². The number of ether oxygens (including phenoxy) is 1. The number of nitrogens with zero attached hydrogens (tertiary/aromatic N) is 2. The number of aliphatic hydroxyl groups excluding tert-OH is 1. The van der Waals surface area contributed by atoms with E-state index in [1.807, 2.05) is 20.9 Å². The third-order valence-corrected chi connectivity index (χ3v) is 3.02. The van der Waals surface area contributed by atoms with Gasteiger partial charge < -0.3 is 15.2 Å². The number of aryl methyl sites for hydroxylation is 2. The first kappa shape index (κ1) is 15.0. The van der Waals surface area contributed by atoms with Gasteiger partial charge in [0.05, 0.1) is 24.5 Å². The van der Waals surface area contributed by atoms with Gasteiger partial charge in [0.25, 0.3) is 0 Å². The molecular formula is C13H25N3O2. The number of nitrogens with one attached hydrogen (secondary N) is 1. The largest absolute Gasteiger partial charge is 0.481 e. The minimum Gasteiger partial charge on any atom is -0.481 e. The standard InChI is InChI=1S/C13H25N3O2/c1-9(6-10(2)17)7-14-8-12-11(3)15-16(4)13(12)18-5/h9-10,14,17H,6-8H2,1-5H3. The molecule has 2 N–H and O–H groups in total. The van der Waals surface area contributed by atoms with E-state index in [-0.39, 0.29) is 6.10 Å². The third-order valence-electron chi connectivity index (χ3n) is 3.02. The molecule has 2 atom stereocenters. The van der Waals surface area contributed by atoms with Crippen molar-refractivity contribution in [1.29, 1.82) is 0 Å². The Kier molecular flexibility index (Phi) is 5.62. The molecule has 1 aromatic heterocycles. The van der Waals surface area contributed by atoms with Crippen molar-refractivity contribution in [2.75, 3.05) is 13.7 Å². The molecule has 0 amide bonds. The number of rotatable bonds is 7. The SMILES string of the molecule is COc1c(CNCC(C)CC(C)O)c(C)nn1C. The van der Waals surface area contributed by atoms with Crippen LogP contribution in [0.5, 0.6) is 5.88 Å². The van der Waals surface area contributed by atoms with Gasteiger partial charge in [0, 0.05) is 13.6 Å². The second-order valence-corrected chi connectivity index (χ2v) is 5.02. The van der Waals surface area contributed by atoms with E-state index < -0.39 is 0 Å². The number of aliphatic hydroxyl groups is 1. The highest BCUT2D eigenvalue weighted by atomic mass is 16.5. The van der Waals surface area contributed by atoms with Crippen LogP contribution in [-0.4, -0.2) is 34.6 Å². The number of hydrogen-bond donors (Lipinski definition) is 2. The molecule has 2 unspecified atom stereocenters. The van der Waals surface area contributed by atoms with E-state index in [1.165, 1.54) is 0 Å². The highest BCUT2D eigenvalue weighted by molar-refractivity contribution is 5.30. The second-order valence-electron chi connectivity index (χ2n) is 5.02. The van der Waals surface area contributed by atoms with E-state index in [4.69, 9.17) is 4.74 Å². The molecule has 0 radical (unpaired) electrons. The number of methoxy groups -OCH3 is 1. The van der Waals surface area contributed by atoms with Crippen LogP contribution in [0.4, 0.5) is 0 Å². The van der Waals surface area contributed by atoms with Gasteiger partial charge in [-0.15, -0.1) is 0 Å². The lowest BCUT2D eigenvalue weighted by Gasteiger charge is -2.14. The van der Waals surface area contributed by atoms with Crippen molar-refractivity contribution in [1.82, 2.24) is 15.1 Å². The molecule has 0 saturated heterocycles. The van der Waals surface area contributed by atoms with Gasteiger partial charge in [-0.25, -0.2) is 4.68 Å². The number of hydrogen-bond acceptors (Lipinski definition) is 4. The lowest BCUT2D eigenvalue weighted by Crippen LogP contribution is -2.23. The molecular weight excluding hydrogens is 230 g/mol. The molecule has 0 spiro atoms. The van der Waals surface area contributed by atoms with Gasteiger partial charge in [-0.2, -0.15) is 5.10 Å². The van der Waals surface area contributed by atoms with Crippen molar-refractivity contribution in [3.05, 3.63) is 11.3 Å². The predicted molar refractivity (Wildman–Crippen MR) is 71.7 cm³/mol. The lowest BCUT2D eigenvalue weighted by atomic mass is 10.0. The van der Waals surface area contributed by atoms with E-state index in [9.17, 15) is 5.11 Å². The van der Waals surface area contributed by atoms with Gasteiger partial charge in [-0.05, 0) is 32.7 Å². The van der Waals surface area contributed by atoms with Crippen LogP contribution < -0.4 is 10.1 Å². The highest BCUT2D eigenvalue weighted by Gasteiger charge is 2.13. The van der Waals surface area contributed by atoms with E-state index in [0.717, 1.165) is 36.6 Å². The van der Waals surface area contributed by atoms with Crippen molar-refractivity contribution in [2.45, 2.75) is 39.8 Å². The molecule has 1 heterocycles. The summed E-state index contributed by atoms with van der Waals surface area (Å²) in [5.41, 5.74) is 2.09. The molecule has 0 bridgehead atoms. The Morgan fingerprint density at radius 2 is 2.11 bits per heavy atom. The molecule has 5 heteroatoms. The summed E-state index contributed by atoms with van der Waals surface area (Å²) in [7, 11) is 3.54. The quantitative estimate of drug-likeness (QED) is 0.769. The molecule has 0 aliphatic rings. The Morgan fingerprint density at radius 3 is 2.67 bits per heavy atom. The first-order valence-electron chi connectivity index (χ1n) is 6.41. The minimum absolute atomic E-state index is 0.239. The Balaban J connectivity index is 2.49. The van der Waals surface area contributed by atoms with Crippen LogP contribution in [0.15, 0.2) is 0 Å². The van der Waals surface area contributed by atoms with Crippen LogP contribution in [0.1, 0.15) is 31.5 Å². The van der Waals surface area contributed by atoms with Gasteiger partial charge in [0.2, 0.25) is 5.88 Å². The predicted octanol–water partition coefficient (Wildman–Crippen LogP) is 1.23. The molecule has 0 fully saturated rings. The van der Waals surface area contributed by atoms with Crippen LogP contribution in [0, 0.1) is 12.8 Å². The lowest BCUT2D eigenvalue weighted by molar-refractivity contribution is 0.163. The summed E-state index contributed by atoms with van der Waals surface area (Å²) in [6, 6.07) is 0. The molecule has 0 aromatic carbocycles. The van der Waals surface area contributed by atoms with Crippen molar-refractivity contribution < 1.29 is 9.84 Å². The maximum atomic E-state index is 9.31. The van der Waals surface area contributed by atoms with E-state index in [2.05, 4.69) is 17.3 Å². The van der Waals surface area contributed by atoms with Crippen LogP contribution in [0.3, 0.4) is 0 Å². The maximum Gasteiger partial charge on any atom is 0.216 e. The summed E-state index contributed by atoms with van der Waals surface area (Å²) < 4.78 is 7.10. The van der Waals surface area contributed by atoms with Gasteiger partial charge in [-0.3, -0.25) is 0 Å². The normalized spacial score (nSPS) is 14.6. The number of aromatic nitrogens is 2. The monoisotopic (exact) mass is 255 g/mol. The van der Waals surface area contributed by atoms with Gasteiger partial charge in [0.15, 0.2) is 0 Å². The fourth-order valence-electron chi connectivity index (χ4n) is 2.25. The van der Waals surface area contributed by atoms with Crippen LogP contribution >= 0.6 is 0 Å². The Bertz CT molecular complexity index is 375. The Labute approximate surface area is 109 Å². The zero-order valence-corrected chi connectivity index (χ0v) is 12.0. The van der Waals surface area contributed by atoms with Crippen molar-refractivity contribution in [3.8, 4) is 5.88 Å². The molecule has 0 aliphatic heterocycles. The van der Waals surface area contributed by atoms with Gasteiger partial charge >= 0.3 is 0 Å². The van der Waals surface area contributed by atoms with Gasteiger partial charge in [-0.1, -0.05) is 6.92 Å². The Hall–Kier alpha value is -1.07. The first-order valence-corrected chi connectivity index (χ1v) is 6.41.